The number of benzene rings is 1. The van der Waals surface area contributed by atoms with E-state index in [9.17, 15) is 5.11 Å². The van der Waals surface area contributed by atoms with E-state index in [1.807, 2.05) is 17.8 Å². The fraction of sp³-hybridized carbons (Fsp3) is 0.538. The number of methoxy groups -OCH3 is 1. The highest BCUT2D eigenvalue weighted by Crippen LogP contribution is 2.39. The first-order valence-corrected chi connectivity index (χ1v) is 6.88. The van der Waals surface area contributed by atoms with Gasteiger partial charge in [0.15, 0.2) is 0 Å². The molecule has 2 rings (SSSR count). The zero-order valence-corrected chi connectivity index (χ0v) is 10.9. The Bertz CT molecular complexity index is 372. The molecule has 1 heterocycles. The Morgan fingerprint density at radius 3 is 3.06 bits per heavy atom. The van der Waals surface area contributed by atoms with Crippen LogP contribution in [0.5, 0.6) is 0 Å². The van der Waals surface area contributed by atoms with Gasteiger partial charge in [0, 0.05) is 24.3 Å². The van der Waals surface area contributed by atoms with E-state index in [-0.39, 0.29) is 12.1 Å². The van der Waals surface area contributed by atoms with Crippen molar-refractivity contribution >= 4 is 11.8 Å². The summed E-state index contributed by atoms with van der Waals surface area (Å²) in [5, 5.41) is 13.2. The Morgan fingerprint density at radius 1 is 1.47 bits per heavy atom. The molecule has 94 valence electrons. The van der Waals surface area contributed by atoms with Crippen molar-refractivity contribution < 1.29 is 9.84 Å². The number of thioether (sulfide) groups is 1. The van der Waals surface area contributed by atoms with Gasteiger partial charge in [-0.05, 0) is 18.1 Å². The fourth-order valence-corrected chi connectivity index (χ4v) is 3.52. The Hall–Kier alpha value is -0.550. The third-order valence-corrected chi connectivity index (χ3v) is 4.30. The molecule has 1 atom stereocenters. The maximum Gasteiger partial charge on any atom is 0.0688 e. The van der Waals surface area contributed by atoms with Crippen molar-refractivity contribution in [2.45, 2.75) is 16.9 Å². The minimum absolute atomic E-state index is 0.133. The van der Waals surface area contributed by atoms with Crippen molar-refractivity contribution in [1.82, 2.24) is 5.32 Å². The van der Waals surface area contributed by atoms with Crippen LogP contribution in [0, 0.1) is 0 Å². The normalized spacial score (nSPS) is 23.4. The lowest BCUT2D eigenvalue weighted by Crippen LogP contribution is -2.49. The first kappa shape index (κ1) is 12.9. The SMILES string of the molecule is COCCNC1(CO)CCSc2ccccc21. The maximum absolute atomic E-state index is 9.78. The van der Waals surface area contributed by atoms with Crippen molar-refractivity contribution in [3.05, 3.63) is 29.8 Å². The molecule has 3 nitrogen and oxygen atoms in total. The molecule has 0 aliphatic carbocycles. The molecule has 1 aliphatic heterocycles. The summed E-state index contributed by atoms with van der Waals surface area (Å²) in [6.45, 7) is 1.56. The van der Waals surface area contributed by atoms with Crippen LogP contribution >= 0.6 is 11.8 Å². The molecule has 17 heavy (non-hydrogen) atoms. The van der Waals surface area contributed by atoms with E-state index in [0.29, 0.717) is 6.61 Å². The number of aliphatic hydroxyl groups is 1. The Kier molecular flexibility index (Phi) is 4.45. The van der Waals surface area contributed by atoms with Crippen molar-refractivity contribution in [3.8, 4) is 0 Å². The average molecular weight is 253 g/mol. The minimum Gasteiger partial charge on any atom is -0.394 e. The first-order chi connectivity index (χ1) is 8.32. The molecule has 1 aromatic carbocycles. The van der Waals surface area contributed by atoms with Crippen LogP contribution in [0.15, 0.2) is 29.2 Å². The van der Waals surface area contributed by atoms with Crippen molar-refractivity contribution in [3.63, 3.8) is 0 Å². The van der Waals surface area contributed by atoms with Crippen LogP contribution in [-0.4, -0.2) is 37.7 Å². The lowest BCUT2D eigenvalue weighted by molar-refractivity contribution is 0.132. The monoisotopic (exact) mass is 253 g/mol. The smallest absolute Gasteiger partial charge is 0.0688 e. The van der Waals surface area contributed by atoms with Gasteiger partial charge in [0.25, 0.3) is 0 Å². The van der Waals surface area contributed by atoms with Crippen LogP contribution < -0.4 is 5.32 Å². The predicted octanol–water partition coefficient (Wildman–Crippen LogP) is 1.61. The predicted molar refractivity (Wildman–Crippen MR) is 70.4 cm³/mol. The highest BCUT2D eigenvalue weighted by Gasteiger charge is 2.35. The van der Waals surface area contributed by atoms with Gasteiger partial charge in [0.1, 0.15) is 0 Å². The maximum atomic E-state index is 9.78. The largest absolute Gasteiger partial charge is 0.394 e. The molecule has 1 unspecified atom stereocenters. The highest BCUT2D eigenvalue weighted by atomic mass is 32.2. The highest BCUT2D eigenvalue weighted by molar-refractivity contribution is 7.99. The summed E-state index contributed by atoms with van der Waals surface area (Å²) < 4.78 is 5.06. The molecule has 0 saturated heterocycles. The average Bonchev–Trinajstić information content (AvgIpc) is 2.39. The molecule has 0 fully saturated rings. The van der Waals surface area contributed by atoms with Gasteiger partial charge in [-0.25, -0.2) is 0 Å². The van der Waals surface area contributed by atoms with Crippen LogP contribution in [-0.2, 0) is 10.3 Å². The van der Waals surface area contributed by atoms with Gasteiger partial charge < -0.3 is 15.2 Å². The topological polar surface area (TPSA) is 41.5 Å². The standard InChI is InChI=1S/C13H19NO2S/c1-16-8-7-14-13(10-15)6-9-17-12-5-3-2-4-11(12)13/h2-5,14-15H,6-10H2,1H3. The quantitative estimate of drug-likeness (QED) is 0.782. The minimum atomic E-state index is -0.291. The van der Waals surface area contributed by atoms with Gasteiger partial charge in [-0.2, -0.15) is 0 Å². The van der Waals surface area contributed by atoms with E-state index in [0.717, 1.165) is 18.7 Å². The fourth-order valence-electron chi connectivity index (χ4n) is 2.25. The van der Waals surface area contributed by atoms with Crippen LogP contribution in [0.2, 0.25) is 0 Å². The number of hydrogen-bond acceptors (Lipinski definition) is 4. The number of fused-ring (bicyclic) bond motifs is 1. The van der Waals surface area contributed by atoms with Crippen LogP contribution in [0.3, 0.4) is 0 Å². The van der Waals surface area contributed by atoms with Gasteiger partial charge >= 0.3 is 0 Å². The Labute approximate surface area is 107 Å². The third kappa shape index (κ3) is 2.65. The van der Waals surface area contributed by atoms with E-state index >= 15 is 0 Å². The molecule has 0 amide bonds. The summed E-state index contributed by atoms with van der Waals surface area (Å²) in [6, 6.07) is 8.32. The number of ether oxygens (including phenoxy) is 1. The van der Waals surface area contributed by atoms with Gasteiger partial charge in [-0.1, -0.05) is 18.2 Å². The van der Waals surface area contributed by atoms with E-state index < -0.39 is 0 Å². The molecule has 1 aromatic rings. The lowest BCUT2D eigenvalue weighted by atomic mass is 9.87. The van der Waals surface area contributed by atoms with Gasteiger partial charge in [-0.15, -0.1) is 11.8 Å². The molecule has 1 aliphatic rings. The lowest BCUT2D eigenvalue weighted by Gasteiger charge is -2.38. The van der Waals surface area contributed by atoms with Crippen molar-refractivity contribution in [1.29, 1.82) is 0 Å². The Morgan fingerprint density at radius 2 is 2.29 bits per heavy atom. The van der Waals surface area contributed by atoms with Crippen molar-refractivity contribution in [2.24, 2.45) is 0 Å². The molecular formula is C13H19NO2S. The number of rotatable bonds is 5. The molecular weight excluding hydrogens is 234 g/mol. The zero-order valence-electron chi connectivity index (χ0n) is 10.1. The number of aliphatic hydroxyl groups excluding tert-OH is 1. The molecule has 0 spiro atoms. The second-order valence-electron chi connectivity index (χ2n) is 4.25. The summed E-state index contributed by atoms with van der Waals surface area (Å²) in [7, 11) is 1.69. The summed E-state index contributed by atoms with van der Waals surface area (Å²) in [5.41, 5.74) is 0.926. The summed E-state index contributed by atoms with van der Waals surface area (Å²) >= 11 is 1.86. The molecule has 0 saturated carbocycles. The van der Waals surface area contributed by atoms with E-state index in [1.54, 1.807) is 7.11 Å². The Balaban J connectivity index is 2.22. The second kappa shape index (κ2) is 5.87. The summed E-state index contributed by atoms with van der Waals surface area (Å²) in [5.74, 6) is 1.04. The van der Waals surface area contributed by atoms with E-state index in [1.165, 1.54) is 10.5 Å². The zero-order chi connectivity index (χ0) is 12.1. The summed E-state index contributed by atoms with van der Waals surface area (Å²) in [4.78, 5) is 1.28. The molecule has 0 bridgehead atoms. The molecule has 4 heteroatoms. The van der Waals surface area contributed by atoms with Crippen molar-refractivity contribution in [2.75, 3.05) is 32.6 Å². The van der Waals surface area contributed by atoms with Gasteiger partial charge in [0.2, 0.25) is 0 Å². The third-order valence-electron chi connectivity index (χ3n) is 3.23. The molecule has 0 radical (unpaired) electrons. The van der Waals surface area contributed by atoms with E-state index in [2.05, 4.69) is 23.5 Å². The number of nitrogens with one attached hydrogen (secondary N) is 1. The van der Waals surface area contributed by atoms with Crippen LogP contribution in [0.1, 0.15) is 12.0 Å². The van der Waals surface area contributed by atoms with Crippen LogP contribution in [0.4, 0.5) is 0 Å². The van der Waals surface area contributed by atoms with Gasteiger partial charge in [0.05, 0.1) is 18.8 Å². The second-order valence-corrected chi connectivity index (χ2v) is 5.39. The van der Waals surface area contributed by atoms with E-state index in [4.69, 9.17) is 4.74 Å². The summed E-state index contributed by atoms with van der Waals surface area (Å²) in [6.07, 6.45) is 0.953. The van der Waals surface area contributed by atoms with Crippen LogP contribution in [0.25, 0.3) is 0 Å². The first-order valence-electron chi connectivity index (χ1n) is 5.89. The molecule has 2 N–H and O–H groups in total. The van der Waals surface area contributed by atoms with Gasteiger partial charge in [-0.3, -0.25) is 0 Å². The molecule has 0 aromatic heterocycles. The number of hydrogen-bond donors (Lipinski definition) is 2.